The van der Waals surface area contributed by atoms with Gasteiger partial charge in [0.1, 0.15) is 0 Å². The average Bonchev–Trinajstić information content (AvgIpc) is 3.25. The highest BCUT2D eigenvalue weighted by Gasteiger charge is 2.40. The minimum Gasteiger partial charge on any atom is -0.342 e. The molecule has 130 valence electrons. The van der Waals surface area contributed by atoms with E-state index in [0.29, 0.717) is 25.6 Å². The molecule has 2 amide bonds. The highest BCUT2D eigenvalue weighted by Crippen LogP contribution is 2.34. The lowest BCUT2D eigenvalue weighted by Crippen LogP contribution is -2.44. The van der Waals surface area contributed by atoms with Crippen molar-refractivity contribution in [3.05, 3.63) is 35.9 Å². The number of rotatable bonds is 5. The largest absolute Gasteiger partial charge is 0.342 e. The highest BCUT2D eigenvalue weighted by molar-refractivity contribution is 5.89. The zero-order chi connectivity index (χ0) is 17.1. The zero-order valence-electron chi connectivity index (χ0n) is 14.8. The summed E-state index contributed by atoms with van der Waals surface area (Å²) < 4.78 is 0. The second-order valence-corrected chi connectivity index (χ2v) is 7.10. The van der Waals surface area contributed by atoms with Crippen LogP contribution in [0.15, 0.2) is 30.3 Å². The van der Waals surface area contributed by atoms with Gasteiger partial charge in [-0.15, -0.1) is 0 Å². The van der Waals surface area contributed by atoms with Crippen molar-refractivity contribution in [1.29, 1.82) is 0 Å². The molecule has 1 aromatic carbocycles. The van der Waals surface area contributed by atoms with E-state index < -0.39 is 0 Å². The van der Waals surface area contributed by atoms with Crippen molar-refractivity contribution in [3.8, 4) is 0 Å². The topological polar surface area (TPSA) is 40.6 Å². The van der Waals surface area contributed by atoms with E-state index in [-0.39, 0.29) is 23.8 Å². The van der Waals surface area contributed by atoms with E-state index >= 15 is 0 Å². The molecular weight excluding hydrogens is 300 g/mol. The Bertz CT molecular complexity index is 581. The fraction of sp³-hybridized carbons (Fsp3) is 0.600. The van der Waals surface area contributed by atoms with Crippen LogP contribution in [0.25, 0.3) is 0 Å². The summed E-state index contributed by atoms with van der Waals surface area (Å²) in [6.45, 7) is 5.38. The molecule has 0 aromatic heterocycles. The second-order valence-electron chi connectivity index (χ2n) is 7.10. The smallest absolute Gasteiger partial charge is 0.228 e. The standard InChI is InChI=1S/C20H28N2O2/c1-3-21-14-17(13-19(21)23)20(24)22(18-11-7-8-12-18)15(2)16-9-5-4-6-10-16/h4-6,9-10,15,17-18H,3,7-8,11-14H2,1-2H3/t15-,17-/m0/s1. The lowest BCUT2D eigenvalue weighted by molar-refractivity contribution is -0.140. The third-order valence-corrected chi connectivity index (χ3v) is 5.62. The van der Waals surface area contributed by atoms with E-state index in [1.165, 1.54) is 18.4 Å². The van der Waals surface area contributed by atoms with Crippen LogP contribution in [0.1, 0.15) is 57.6 Å². The molecule has 1 saturated heterocycles. The fourth-order valence-electron chi connectivity index (χ4n) is 4.22. The van der Waals surface area contributed by atoms with Gasteiger partial charge >= 0.3 is 0 Å². The number of nitrogens with zero attached hydrogens (tertiary/aromatic N) is 2. The van der Waals surface area contributed by atoms with Crippen LogP contribution < -0.4 is 0 Å². The number of likely N-dealkylation sites (tertiary alicyclic amines) is 1. The first-order valence-electron chi connectivity index (χ1n) is 9.26. The first-order valence-corrected chi connectivity index (χ1v) is 9.26. The molecule has 1 saturated carbocycles. The number of amides is 2. The number of carbonyl (C=O) groups is 2. The number of hydrogen-bond donors (Lipinski definition) is 0. The molecule has 24 heavy (non-hydrogen) atoms. The average molecular weight is 328 g/mol. The molecule has 1 aliphatic carbocycles. The van der Waals surface area contributed by atoms with Gasteiger partial charge in [-0.25, -0.2) is 0 Å². The molecule has 0 unspecified atom stereocenters. The third-order valence-electron chi connectivity index (χ3n) is 5.62. The fourth-order valence-corrected chi connectivity index (χ4v) is 4.22. The van der Waals surface area contributed by atoms with Crippen molar-refractivity contribution in [3.63, 3.8) is 0 Å². The van der Waals surface area contributed by atoms with E-state index in [2.05, 4.69) is 24.0 Å². The highest BCUT2D eigenvalue weighted by atomic mass is 16.2. The number of carbonyl (C=O) groups excluding carboxylic acids is 2. The molecule has 2 atom stereocenters. The zero-order valence-corrected chi connectivity index (χ0v) is 14.8. The summed E-state index contributed by atoms with van der Waals surface area (Å²) in [5.41, 5.74) is 1.18. The molecule has 2 aliphatic rings. The number of hydrogen-bond acceptors (Lipinski definition) is 2. The van der Waals surface area contributed by atoms with Crippen LogP contribution >= 0.6 is 0 Å². The molecule has 0 spiro atoms. The van der Waals surface area contributed by atoms with Crippen molar-refractivity contribution in [2.24, 2.45) is 5.92 Å². The van der Waals surface area contributed by atoms with E-state index in [1.807, 2.05) is 30.0 Å². The predicted molar refractivity (Wildman–Crippen MR) is 94.3 cm³/mol. The molecule has 3 rings (SSSR count). The monoisotopic (exact) mass is 328 g/mol. The van der Waals surface area contributed by atoms with Gasteiger partial charge in [0, 0.05) is 25.6 Å². The van der Waals surface area contributed by atoms with Gasteiger partial charge < -0.3 is 9.80 Å². The van der Waals surface area contributed by atoms with Crippen molar-refractivity contribution < 1.29 is 9.59 Å². The van der Waals surface area contributed by atoms with E-state index in [1.54, 1.807) is 0 Å². The van der Waals surface area contributed by atoms with Gasteiger partial charge in [0.25, 0.3) is 0 Å². The predicted octanol–water partition coefficient (Wildman–Crippen LogP) is 3.39. The summed E-state index contributed by atoms with van der Waals surface area (Å²) in [5.74, 6) is 0.112. The van der Waals surface area contributed by atoms with Gasteiger partial charge in [0.05, 0.1) is 12.0 Å². The molecule has 1 heterocycles. The summed E-state index contributed by atoms with van der Waals surface area (Å²) in [7, 11) is 0. The van der Waals surface area contributed by atoms with Crippen LogP contribution in [0.5, 0.6) is 0 Å². The summed E-state index contributed by atoms with van der Waals surface area (Å²) in [6, 6.07) is 10.6. The summed E-state index contributed by atoms with van der Waals surface area (Å²) >= 11 is 0. The van der Waals surface area contributed by atoms with Gasteiger partial charge in [-0.2, -0.15) is 0 Å². The lowest BCUT2D eigenvalue weighted by atomic mass is 9.99. The summed E-state index contributed by atoms with van der Waals surface area (Å²) in [5, 5.41) is 0. The molecule has 0 N–H and O–H groups in total. The maximum Gasteiger partial charge on any atom is 0.228 e. The minimum absolute atomic E-state index is 0.0626. The quantitative estimate of drug-likeness (QED) is 0.831. The summed E-state index contributed by atoms with van der Waals surface area (Å²) in [6.07, 6.45) is 4.93. The lowest BCUT2D eigenvalue weighted by Gasteiger charge is -2.36. The molecule has 0 radical (unpaired) electrons. The molecule has 1 aromatic rings. The first-order chi connectivity index (χ1) is 11.6. The van der Waals surface area contributed by atoms with E-state index in [4.69, 9.17) is 0 Å². The van der Waals surface area contributed by atoms with Gasteiger partial charge in [0.2, 0.25) is 11.8 Å². The maximum atomic E-state index is 13.3. The molecule has 0 bridgehead atoms. The molecule has 2 fully saturated rings. The summed E-state index contributed by atoms with van der Waals surface area (Å²) in [4.78, 5) is 29.3. The van der Waals surface area contributed by atoms with Gasteiger partial charge in [-0.05, 0) is 32.3 Å². The first kappa shape index (κ1) is 17.0. The Morgan fingerprint density at radius 3 is 2.50 bits per heavy atom. The van der Waals surface area contributed by atoms with Crippen molar-refractivity contribution in [1.82, 2.24) is 9.80 Å². The van der Waals surface area contributed by atoms with Gasteiger partial charge in [-0.1, -0.05) is 43.2 Å². The van der Waals surface area contributed by atoms with Crippen molar-refractivity contribution in [2.45, 2.75) is 58.0 Å². The Hall–Kier alpha value is -1.84. The van der Waals surface area contributed by atoms with Crippen LogP contribution in [0.4, 0.5) is 0 Å². The van der Waals surface area contributed by atoms with E-state index in [9.17, 15) is 9.59 Å². The second kappa shape index (κ2) is 7.37. The SMILES string of the molecule is CCN1C[C@@H](C(=O)N(C2CCCC2)[C@@H](C)c2ccccc2)CC1=O. The minimum atomic E-state index is -0.177. The molecule has 1 aliphatic heterocycles. The number of benzene rings is 1. The van der Waals surface area contributed by atoms with Gasteiger partial charge in [0.15, 0.2) is 0 Å². The van der Waals surface area contributed by atoms with Crippen LogP contribution in [0, 0.1) is 5.92 Å². The van der Waals surface area contributed by atoms with Crippen molar-refractivity contribution >= 4 is 11.8 Å². The van der Waals surface area contributed by atoms with Crippen LogP contribution in [-0.2, 0) is 9.59 Å². The molecular formula is C20H28N2O2. The normalized spacial score (nSPS) is 22.8. The van der Waals surface area contributed by atoms with Crippen molar-refractivity contribution in [2.75, 3.05) is 13.1 Å². The van der Waals surface area contributed by atoms with Gasteiger partial charge in [-0.3, -0.25) is 9.59 Å². The Kier molecular flexibility index (Phi) is 5.22. The maximum absolute atomic E-state index is 13.3. The van der Waals surface area contributed by atoms with E-state index in [0.717, 1.165) is 12.8 Å². The Morgan fingerprint density at radius 2 is 1.92 bits per heavy atom. The Balaban J connectivity index is 1.82. The van der Waals surface area contributed by atoms with Crippen LogP contribution in [0.3, 0.4) is 0 Å². The third kappa shape index (κ3) is 3.33. The van der Waals surface area contributed by atoms with Crippen LogP contribution in [-0.4, -0.2) is 40.7 Å². The Labute approximate surface area is 144 Å². The van der Waals surface area contributed by atoms with Crippen LogP contribution in [0.2, 0.25) is 0 Å². The molecule has 4 heteroatoms. The molecule has 4 nitrogen and oxygen atoms in total. The Morgan fingerprint density at radius 1 is 1.25 bits per heavy atom.